The highest BCUT2D eigenvalue weighted by molar-refractivity contribution is 5.32. The second-order valence-electron chi connectivity index (χ2n) is 4.07. The lowest BCUT2D eigenvalue weighted by Crippen LogP contribution is -2.30. The molecule has 1 unspecified atom stereocenters. The molecule has 1 heterocycles. The van der Waals surface area contributed by atoms with Gasteiger partial charge in [0.25, 0.3) is 0 Å². The minimum atomic E-state index is -1.12. The molecule has 5 heteroatoms. The summed E-state index contributed by atoms with van der Waals surface area (Å²) in [5.74, 6) is 0. The van der Waals surface area contributed by atoms with Crippen LogP contribution in [0.2, 0.25) is 0 Å². The molecule has 5 nitrogen and oxygen atoms in total. The van der Waals surface area contributed by atoms with Crippen LogP contribution in [-0.4, -0.2) is 33.8 Å². The largest absolute Gasteiger partial charge is 0.381 e. The summed E-state index contributed by atoms with van der Waals surface area (Å²) in [7, 11) is 1.55. The van der Waals surface area contributed by atoms with Crippen LogP contribution in [-0.2, 0) is 10.3 Å². The summed E-state index contributed by atoms with van der Waals surface area (Å²) in [4.78, 5) is 0. The SMILES string of the molecule is COCC(C)(O)c1cnnn1-c1ccccc1. The van der Waals surface area contributed by atoms with Gasteiger partial charge in [-0.2, -0.15) is 0 Å². The first kappa shape index (κ1) is 11.8. The van der Waals surface area contributed by atoms with Gasteiger partial charge in [0.15, 0.2) is 0 Å². The number of aliphatic hydroxyl groups is 1. The Morgan fingerprint density at radius 1 is 1.35 bits per heavy atom. The van der Waals surface area contributed by atoms with Gasteiger partial charge in [0.05, 0.1) is 24.2 Å². The molecule has 0 aliphatic heterocycles. The van der Waals surface area contributed by atoms with Crippen molar-refractivity contribution in [3.63, 3.8) is 0 Å². The van der Waals surface area contributed by atoms with Crippen molar-refractivity contribution >= 4 is 0 Å². The molecule has 1 atom stereocenters. The Balaban J connectivity index is 2.42. The van der Waals surface area contributed by atoms with Crippen molar-refractivity contribution < 1.29 is 9.84 Å². The molecular weight excluding hydrogens is 218 g/mol. The van der Waals surface area contributed by atoms with Crippen molar-refractivity contribution in [2.45, 2.75) is 12.5 Å². The van der Waals surface area contributed by atoms with E-state index in [9.17, 15) is 5.11 Å². The molecule has 0 saturated carbocycles. The summed E-state index contributed by atoms with van der Waals surface area (Å²) in [6.45, 7) is 1.86. The molecule has 90 valence electrons. The third kappa shape index (κ3) is 2.35. The van der Waals surface area contributed by atoms with Crippen LogP contribution >= 0.6 is 0 Å². The van der Waals surface area contributed by atoms with Gasteiger partial charge in [0, 0.05) is 7.11 Å². The molecule has 2 aromatic rings. The number of aromatic nitrogens is 3. The molecule has 0 saturated heterocycles. The van der Waals surface area contributed by atoms with Gasteiger partial charge in [0.2, 0.25) is 0 Å². The second kappa shape index (κ2) is 4.65. The van der Waals surface area contributed by atoms with E-state index in [1.54, 1.807) is 24.9 Å². The summed E-state index contributed by atoms with van der Waals surface area (Å²) in [5, 5.41) is 18.1. The number of ether oxygens (including phenoxy) is 1. The lowest BCUT2D eigenvalue weighted by Gasteiger charge is -2.22. The molecular formula is C12H15N3O2. The van der Waals surface area contributed by atoms with Crippen LogP contribution in [0.15, 0.2) is 36.5 Å². The van der Waals surface area contributed by atoms with Gasteiger partial charge in [-0.25, -0.2) is 4.68 Å². The van der Waals surface area contributed by atoms with Gasteiger partial charge in [-0.15, -0.1) is 5.10 Å². The van der Waals surface area contributed by atoms with Gasteiger partial charge < -0.3 is 9.84 Å². The average Bonchev–Trinajstić information content (AvgIpc) is 2.79. The Morgan fingerprint density at radius 2 is 2.06 bits per heavy atom. The topological polar surface area (TPSA) is 60.2 Å². The number of para-hydroxylation sites is 1. The third-order valence-corrected chi connectivity index (χ3v) is 2.53. The number of benzene rings is 1. The number of hydrogen-bond donors (Lipinski definition) is 1. The van der Waals surface area contributed by atoms with E-state index in [0.717, 1.165) is 5.69 Å². The molecule has 0 bridgehead atoms. The molecule has 0 spiro atoms. The average molecular weight is 233 g/mol. The van der Waals surface area contributed by atoms with Gasteiger partial charge in [-0.05, 0) is 19.1 Å². The molecule has 0 fully saturated rings. The maximum Gasteiger partial charge on any atom is 0.129 e. The van der Waals surface area contributed by atoms with E-state index < -0.39 is 5.60 Å². The fourth-order valence-corrected chi connectivity index (χ4v) is 1.72. The zero-order chi connectivity index (χ0) is 12.3. The maximum absolute atomic E-state index is 10.3. The Labute approximate surface area is 99.7 Å². The smallest absolute Gasteiger partial charge is 0.129 e. The van der Waals surface area contributed by atoms with Crippen molar-refractivity contribution in [1.82, 2.24) is 15.0 Å². The summed E-state index contributed by atoms with van der Waals surface area (Å²) in [5.41, 5.74) is 0.343. The zero-order valence-electron chi connectivity index (χ0n) is 9.87. The van der Waals surface area contributed by atoms with E-state index in [1.807, 2.05) is 30.3 Å². The number of hydrogen-bond acceptors (Lipinski definition) is 4. The lowest BCUT2D eigenvalue weighted by molar-refractivity contribution is -0.0256. The fourth-order valence-electron chi connectivity index (χ4n) is 1.72. The first-order chi connectivity index (χ1) is 8.15. The Bertz CT molecular complexity index is 480. The van der Waals surface area contributed by atoms with Gasteiger partial charge in [0.1, 0.15) is 5.60 Å². The molecule has 17 heavy (non-hydrogen) atoms. The number of methoxy groups -OCH3 is 1. The summed E-state index contributed by atoms with van der Waals surface area (Å²) in [6.07, 6.45) is 1.55. The fraction of sp³-hybridized carbons (Fsp3) is 0.333. The van der Waals surface area contributed by atoms with Crippen molar-refractivity contribution in [3.8, 4) is 5.69 Å². The van der Waals surface area contributed by atoms with Crippen molar-refractivity contribution in [2.75, 3.05) is 13.7 Å². The van der Waals surface area contributed by atoms with Crippen LogP contribution in [0.5, 0.6) is 0 Å². The van der Waals surface area contributed by atoms with Crippen LogP contribution < -0.4 is 0 Å². The quantitative estimate of drug-likeness (QED) is 0.859. The van der Waals surface area contributed by atoms with E-state index in [1.165, 1.54) is 0 Å². The Kier molecular flexibility index (Phi) is 3.21. The van der Waals surface area contributed by atoms with Crippen LogP contribution in [0.3, 0.4) is 0 Å². The summed E-state index contributed by atoms with van der Waals surface area (Å²) >= 11 is 0. The normalized spacial score (nSPS) is 14.5. The highest BCUT2D eigenvalue weighted by Crippen LogP contribution is 2.22. The first-order valence-corrected chi connectivity index (χ1v) is 5.33. The molecule has 0 amide bonds. The zero-order valence-corrected chi connectivity index (χ0v) is 9.87. The van der Waals surface area contributed by atoms with Gasteiger partial charge in [-0.1, -0.05) is 23.4 Å². The molecule has 0 radical (unpaired) electrons. The predicted molar refractivity (Wildman–Crippen MR) is 62.8 cm³/mol. The first-order valence-electron chi connectivity index (χ1n) is 5.33. The Hall–Kier alpha value is -1.72. The Morgan fingerprint density at radius 3 is 2.71 bits per heavy atom. The predicted octanol–water partition coefficient (Wildman–Crippen LogP) is 1.12. The van der Waals surface area contributed by atoms with E-state index in [2.05, 4.69) is 10.3 Å². The molecule has 1 N–H and O–H groups in total. The minimum absolute atomic E-state index is 0.188. The second-order valence-corrected chi connectivity index (χ2v) is 4.07. The highest BCUT2D eigenvalue weighted by atomic mass is 16.5. The van der Waals surface area contributed by atoms with Gasteiger partial charge >= 0.3 is 0 Å². The van der Waals surface area contributed by atoms with E-state index in [4.69, 9.17) is 4.74 Å². The maximum atomic E-state index is 10.3. The third-order valence-electron chi connectivity index (χ3n) is 2.53. The van der Waals surface area contributed by atoms with Crippen molar-refractivity contribution in [2.24, 2.45) is 0 Å². The van der Waals surface area contributed by atoms with Crippen LogP contribution in [0.1, 0.15) is 12.6 Å². The molecule has 2 rings (SSSR count). The van der Waals surface area contributed by atoms with Crippen molar-refractivity contribution in [1.29, 1.82) is 0 Å². The standard InChI is InChI=1S/C12H15N3O2/c1-12(16,9-17-2)11-8-13-14-15(11)10-6-4-3-5-7-10/h3-8,16H,9H2,1-2H3. The summed E-state index contributed by atoms with van der Waals surface area (Å²) < 4.78 is 6.61. The van der Waals surface area contributed by atoms with E-state index in [0.29, 0.717) is 5.69 Å². The lowest BCUT2D eigenvalue weighted by atomic mass is 10.0. The van der Waals surface area contributed by atoms with Crippen LogP contribution in [0.25, 0.3) is 5.69 Å². The molecule has 1 aromatic carbocycles. The van der Waals surface area contributed by atoms with Gasteiger partial charge in [-0.3, -0.25) is 0 Å². The van der Waals surface area contributed by atoms with Crippen molar-refractivity contribution in [3.05, 3.63) is 42.2 Å². The van der Waals surface area contributed by atoms with Crippen LogP contribution in [0, 0.1) is 0 Å². The van der Waals surface area contributed by atoms with E-state index >= 15 is 0 Å². The molecule has 1 aromatic heterocycles. The monoisotopic (exact) mass is 233 g/mol. The molecule has 0 aliphatic rings. The van der Waals surface area contributed by atoms with E-state index in [-0.39, 0.29) is 6.61 Å². The molecule has 0 aliphatic carbocycles. The number of nitrogens with zero attached hydrogens (tertiary/aromatic N) is 3. The minimum Gasteiger partial charge on any atom is -0.381 e. The number of rotatable bonds is 4. The summed E-state index contributed by atoms with van der Waals surface area (Å²) in [6, 6.07) is 9.55. The highest BCUT2D eigenvalue weighted by Gasteiger charge is 2.28. The van der Waals surface area contributed by atoms with Crippen LogP contribution in [0.4, 0.5) is 0 Å².